The molecule has 0 aliphatic rings. The Kier molecular flexibility index (Phi) is 5.22. The van der Waals surface area contributed by atoms with Gasteiger partial charge in [-0.05, 0) is 58.7 Å². The highest BCUT2D eigenvalue weighted by atomic mass is 16.5. The van der Waals surface area contributed by atoms with Crippen LogP contribution in [0.25, 0.3) is 21.5 Å². The zero-order valence-corrected chi connectivity index (χ0v) is 17.0. The lowest BCUT2D eigenvalue weighted by Crippen LogP contribution is -2.30. The van der Waals surface area contributed by atoms with Gasteiger partial charge in [-0.3, -0.25) is 4.79 Å². The van der Waals surface area contributed by atoms with Crippen LogP contribution in [-0.4, -0.2) is 13.0 Å². The average Bonchev–Trinajstić information content (AvgIpc) is 2.77. The van der Waals surface area contributed by atoms with E-state index in [-0.39, 0.29) is 17.9 Å². The van der Waals surface area contributed by atoms with Crippen LogP contribution in [0.2, 0.25) is 0 Å². The molecule has 0 aliphatic carbocycles. The molecule has 0 aromatic heterocycles. The Hall–Kier alpha value is -3.33. The van der Waals surface area contributed by atoms with Crippen molar-refractivity contribution in [3.63, 3.8) is 0 Å². The lowest BCUT2D eigenvalue weighted by molar-refractivity contribution is -0.122. The van der Waals surface area contributed by atoms with Crippen molar-refractivity contribution in [2.75, 3.05) is 7.11 Å². The Morgan fingerprint density at radius 2 is 1.55 bits per heavy atom. The third-order valence-corrected chi connectivity index (χ3v) is 5.61. The van der Waals surface area contributed by atoms with Crippen LogP contribution in [0.15, 0.2) is 78.9 Å². The van der Waals surface area contributed by atoms with Crippen LogP contribution in [0.3, 0.4) is 0 Å². The number of rotatable bonds is 5. The van der Waals surface area contributed by atoms with Crippen LogP contribution in [0.5, 0.6) is 5.75 Å². The van der Waals surface area contributed by atoms with E-state index >= 15 is 0 Å². The van der Waals surface area contributed by atoms with Gasteiger partial charge in [0, 0.05) is 0 Å². The van der Waals surface area contributed by atoms with Crippen molar-refractivity contribution in [2.24, 2.45) is 0 Å². The predicted molar refractivity (Wildman–Crippen MR) is 119 cm³/mol. The van der Waals surface area contributed by atoms with E-state index in [2.05, 4.69) is 35.6 Å². The molecule has 2 atom stereocenters. The van der Waals surface area contributed by atoms with Gasteiger partial charge in [-0.25, -0.2) is 0 Å². The summed E-state index contributed by atoms with van der Waals surface area (Å²) < 4.78 is 5.29. The molecule has 0 spiro atoms. The molecule has 0 heterocycles. The molecule has 0 unspecified atom stereocenters. The summed E-state index contributed by atoms with van der Waals surface area (Å²) in [6.07, 6.45) is 0. The van der Waals surface area contributed by atoms with Crippen molar-refractivity contribution in [1.82, 2.24) is 5.32 Å². The molecule has 0 saturated carbocycles. The SMILES string of the molecule is COc1ccc2cc([C@H](C)C(=O)N[C@@H](C)c3cccc4ccccc34)ccc2c1. The molecule has 146 valence electrons. The van der Waals surface area contributed by atoms with E-state index in [1.807, 2.05) is 62.4 Å². The molecule has 0 radical (unpaired) electrons. The Labute approximate surface area is 171 Å². The number of amides is 1. The normalized spacial score (nSPS) is 13.2. The molecule has 1 N–H and O–H groups in total. The van der Waals surface area contributed by atoms with Crippen molar-refractivity contribution in [1.29, 1.82) is 0 Å². The molecule has 4 aromatic rings. The van der Waals surface area contributed by atoms with Gasteiger partial charge in [0.15, 0.2) is 0 Å². The fraction of sp³-hybridized carbons (Fsp3) is 0.192. The molecule has 29 heavy (non-hydrogen) atoms. The lowest BCUT2D eigenvalue weighted by Gasteiger charge is -2.20. The number of ether oxygens (including phenoxy) is 1. The molecule has 0 bridgehead atoms. The molecule has 3 heteroatoms. The summed E-state index contributed by atoms with van der Waals surface area (Å²) in [6, 6.07) is 26.6. The van der Waals surface area contributed by atoms with E-state index in [9.17, 15) is 4.79 Å². The minimum absolute atomic E-state index is 0.0262. The van der Waals surface area contributed by atoms with Crippen LogP contribution in [0.4, 0.5) is 0 Å². The summed E-state index contributed by atoms with van der Waals surface area (Å²) in [6.45, 7) is 3.99. The maximum absolute atomic E-state index is 13.0. The number of fused-ring (bicyclic) bond motifs is 2. The first kappa shape index (κ1) is 19.0. The summed E-state index contributed by atoms with van der Waals surface area (Å²) >= 11 is 0. The van der Waals surface area contributed by atoms with E-state index in [0.29, 0.717) is 0 Å². The van der Waals surface area contributed by atoms with Crippen LogP contribution in [0.1, 0.15) is 36.9 Å². The Morgan fingerprint density at radius 3 is 2.38 bits per heavy atom. The second-order valence-electron chi connectivity index (χ2n) is 7.49. The average molecular weight is 383 g/mol. The maximum atomic E-state index is 13.0. The van der Waals surface area contributed by atoms with Crippen LogP contribution >= 0.6 is 0 Å². The quantitative estimate of drug-likeness (QED) is 0.460. The summed E-state index contributed by atoms with van der Waals surface area (Å²) in [5.74, 6) is 0.622. The molecule has 4 aromatic carbocycles. The van der Waals surface area contributed by atoms with E-state index in [0.717, 1.165) is 27.6 Å². The van der Waals surface area contributed by atoms with Gasteiger partial charge in [0.25, 0.3) is 0 Å². The lowest BCUT2D eigenvalue weighted by atomic mass is 9.95. The molecule has 0 aliphatic heterocycles. The fourth-order valence-corrected chi connectivity index (χ4v) is 3.83. The van der Waals surface area contributed by atoms with E-state index in [1.165, 1.54) is 10.8 Å². The van der Waals surface area contributed by atoms with Crippen molar-refractivity contribution in [3.05, 3.63) is 90.0 Å². The topological polar surface area (TPSA) is 38.3 Å². The largest absolute Gasteiger partial charge is 0.497 e. The highest BCUT2D eigenvalue weighted by Crippen LogP contribution is 2.27. The second kappa shape index (κ2) is 7.96. The minimum atomic E-state index is -0.237. The van der Waals surface area contributed by atoms with Crippen molar-refractivity contribution in [3.8, 4) is 5.75 Å². The zero-order valence-electron chi connectivity index (χ0n) is 17.0. The molecule has 4 rings (SSSR count). The maximum Gasteiger partial charge on any atom is 0.227 e. The van der Waals surface area contributed by atoms with E-state index < -0.39 is 0 Å². The number of nitrogens with one attached hydrogen (secondary N) is 1. The zero-order chi connectivity index (χ0) is 20.4. The minimum Gasteiger partial charge on any atom is -0.497 e. The van der Waals surface area contributed by atoms with Gasteiger partial charge < -0.3 is 10.1 Å². The van der Waals surface area contributed by atoms with Gasteiger partial charge in [0.05, 0.1) is 19.1 Å². The summed E-state index contributed by atoms with van der Waals surface area (Å²) in [4.78, 5) is 13.0. The summed E-state index contributed by atoms with van der Waals surface area (Å²) in [7, 11) is 1.67. The molecular formula is C26H25NO2. The standard InChI is InChI=1S/C26H25NO2/c1-17(20-11-12-22-16-23(29-3)14-13-21(22)15-20)26(28)27-18(2)24-10-6-8-19-7-4-5-9-25(19)24/h4-18H,1-3H3,(H,27,28)/t17-,18-/m0/s1. The summed E-state index contributed by atoms with van der Waals surface area (Å²) in [5, 5.41) is 7.76. The van der Waals surface area contributed by atoms with Gasteiger partial charge in [-0.15, -0.1) is 0 Å². The third kappa shape index (κ3) is 3.81. The van der Waals surface area contributed by atoms with Crippen LogP contribution < -0.4 is 10.1 Å². The number of carbonyl (C=O) groups is 1. The number of methoxy groups -OCH3 is 1. The van der Waals surface area contributed by atoms with Crippen LogP contribution in [0, 0.1) is 0 Å². The Bertz CT molecular complexity index is 1180. The van der Waals surface area contributed by atoms with Crippen molar-refractivity contribution >= 4 is 27.5 Å². The smallest absolute Gasteiger partial charge is 0.227 e. The second-order valence-corrected chi connectivity index (χ2v) is 7.49. The van der Waals surface area contributed by atoms with Gasteiger partial charge in [-0.1, -0.05) is 66.7 Å². The molecule has 3 nitrogen and oxygen atoms in total. The first-order valence-corrected chi connectivity index (χ1v) is 9.92. The number of benzene rings is 4. The first-order chi connectivity index (χ1) is 14.1. The van der Waals surface area contributed by atoms with Gasteiger partial charge in [0.1, 0.15) is 5.75 Å². The molecule has 0 saturated heterocycles. The van der Waals surface area contributed by atoms with Crippen molar-refractivity contribution in [2.45, 2.75) is 25.8 Å². The fourth-order valence-electron chi connectivity index (χ4n) is 3.83. The predicted octanol–water partition coefficient (Wildman–Crippen LogP) is 5.98. The monoisotopic (exact) mass is 383 g/mol. The first-order valence-electron chi connectivity index (χ1n) is 9.92. The van der Waals surface area contributed by atoms with Gasteiger partial charge in [0.2, 0.25) is 5.91 Å². The Balaban J connectivity index is 1.55. The van der Waals surface area contributed by atoms with Gasteiger partial charge >= 0.3 is 0 Å². The highest BCUT2D eigenvalue weighted by Gasteiger charge is 2.19. The number of hydrogen-bond acceptors (Lipinski definition) is 2. The third-order valence-electron chi connectivity index (χ3n) is 5.61. The van der Waals surface area contributed by atoms with Crippen LogP contribution in [-0.2, 0) is 4.79 Å². The Morgan fingerprint density at radius 1 is 0.828 bits per heavy atom. The number of carbonyl (C=O) groups excluding carboxylic acids is 1. The van der Waals surface area contributed by atoms with Gasteiger partial charge in [-0.2, -0.15) is 0 Å². The summed E-state index contributed by atoms with van der Waals surface area (Å²) in [5.41, 5.74) is 2.14. The molecular weight excluding hydrogens is 358 g/mol. The number of hydrogen-bond donors (Lipinski definition) is 1. The van der Waals surface area contributed by atoms with E-state index in [4.69, 9.17) is 4.74 Å². The molecule has 1 amide bonds. The van der Waals surface area contributed by atoms with Crippen molar-refractivity contribution < 1.29 is 9.53 Å². The molecule has 0 fully saturated rings. The highest BCUT2D eigenvalue weighted by molar-refractivity contribution is 5.90. The van der Waals surface area contributed by atoms with E-state index in [1.54, 1.807) is 7.11 Å².